The molecule has 0 radical (unpaired) electrons. The molecule has 0 unspecified atom stereocenters. The van der Waals surface area contributed by atoms with Crippen molar-refractivity contribution < 1.29 is 15.8 Å². The maximum Gasteiger partial charge on any atom is 0.252 e. The molecule has 4 rings (SSSR count). The number of nitrogens with zero attached hydrogens (tertiary/aromatic N) is 4. The van der Waals surface area contributed by atoms with Crippen molar-refractivity contribution in [1.29, 1.82) is 5.26 Å². The highest BCUT2D eigenvalue weighted by Crippen LogP contribution is 2.28. The van der Waals surface area contributed by atoms with E-state index >= 15 is 0 Å². The number of carbonyl (C=O) groups excluding carboxylic acids is 2. The molecular formula is C22H27N5O3S. The van der Waals surface area contributed by atoms with E-state index in [0.717, 1.165) is 16.6 Å². The lowest BCUT2D eigenvalue weighted by Gasteiger charge is -2.40. The molecular weight excluding hydrogens is 414 g/mol. The van der Waals surface area contributed by atoms with Gasteiger partial charge in [0, 0.05) is 36.5 Å². The summed E-state index contributed by atoms with van der Waals surface area (Å²) in [7, 11) is 0. The summed E-state index contributed by atoms with van der Waals surface area (Å²) in [6.07, 6.45) is 1.60. The Morgan fingerprint density at radius 2 is 2.10 bits per heavy atom. The van der Waals surface area contributed by atoms with Gasteiger partial charge >= 0.3 is 0 Å². The second-order valence-corrected chi connectivity index (χ2v) is 8.89. The van der Waals surface area contributed by atoms with E-state index in [0.29, 0.717) is 30.4 Å². The number of morpholine rings is 1. The maximum absolute atomic E-state index is 12.9. The molecule has 1 N–H and O–H groups in total. The Morgan fingerprint density at radius 1 is 1.32 bits per heavy atom. The van der Waals surface area contributed by atoms with E-state index in [1.807, 2.05) is 18.2 Å². The summed E-state index contributed by atoms with van der Waals surface area (Å²) in [5.41, 5.74) is 2.21. The smallest absolute Gasteiger partial charge is 0.252 e. The fourth-order valence-corrected chi connectivity index (χ4v) is 5.26. The fourth-order valence-electron chi connectivity index (χ4n) is 4.15. The van der Waals surface area contributed by atoms with Gasteiger partial charge in [-0.15, -0.1) is 11.8 Å². The van der Waals surface area contributed by atoms with Crippen LogP contribution < -0.4 is 10.2 Å². The normalized spacial score (nSPS) is 23.6. The van der Waals surface area contributed by atoms with Gasteiger partial charge in [0.15, 0.2) is 0 Å². The van der Waals surface area contributed by atoms with Gasteiger partial charge in [0.2, 0.25) is 5.91 Å². The highest BCUT2D eigenvalue weighted by molar-refractivity contribution is 7.99. The van der Waals surface area contributed by atoms with E-state index in [4.69, 9.17) is 10.00 Å². The number of carbonyl (C=O) groups is 2. The Balaban J connectivity index is 0.00000289. The second kappa shape index (κ2) is 9.12. The highest BCUT2D eigenvalue weighted by Gasteiger charge is 2.29. The number of aromatic nitrogens is 1. The molecule has 0 bridgehead atoms. The molecule has 164 valence electrons. The van der Waals surface area contributed by atoms with Crippen LogP contribution in [0.2, 0.25) is 0 Å². The number of pyridine rings is 1. The van der Waals surface area contributed by atoms with Crippen LogP contribution in [0.4, 0.5) is 5.69 Å². The van der Waals surface area contributed by atoms with Gasteiger partial charge in [-0.25, -0.2) is 0 Å². The van der Waals surface area contributed by atoms with Crippen LogP contribution in [0.3, 0.4) is 0 Å². The molecule has 2 aliphatic rings. The Morgan fingerprint density at radius 3 is 2.84 bits per heavy atom. The molecule has 1 aromatic carbocycles. The van der Waals surface area contributed by atoms with Gasteiger partial charge in [-0.05, 0) is 38.1 Å². The fraction of sp³-hybridized carbons (Fsp3) is 0.455. The predicted molar refractivity (Wildman–Crippen MR) is 122 cm³/mol. The molecule has 0 saturated carbocycles. The number of nitriles is 1. The Bertz CT molecular complexity index is 1040. The largest absolute Gasteiger partial charge is 0.377 e. The number of ether oxygens (including phenoxy) is 1. The van der Waals surface area contributed by atoms with Gasteiger partial charge in [-0.2, -0.15) is 5.26 Å². The summed E-state index contributed by atoms with van der Waals surface area (Å²) in [4.78, 5) is 33.6. The standard InChI is InChI=1S/C22H25N5O3S.H2/c1-14-10-30-11-15(2)27(14)16-3-4-20-19(7-16)18(5-6-24-20)22(29)25-9-21(28)26-13-31-12-17(26)8-23;/h3-7,14-15,17H,9-13H2,1-2H3,(H,25,29);1H/t14-,15-,17+;/m0./s1. The van der Waals surface area contributed by atoms with Crippen LogP contribution in [0.25, 0.3) is 10.9 Å². The number of hydrogen-bond acceptors (Lipinski definition) is 7. The van der Waals surface area contributed by atoms with E-state index in [1.54, 1.807) is 12.3 Å². The topological polar surface area (TPSA) is 98.6 Å². The third-order valence-electron chi connectivity index (χ3n) is 5.69. The van der Waals surface area contributed by atoms with Gasteiger partial charge in [0.25, 0.3) is 5.91 Å². The van der Waals surface area contributed by atoms with Crippen molar-refractivity contribution in [2.45, 2.75) is 32.0 Å². The zero-order chi connectivity index (χ0) is 22.0. The zero-order valence-electron chi connectivity index (χ0n) is 17.6. The molecule has 3 heterocycles. The van der Waals surface area contributed by atoms with Crippen molar-refractivity contribution in [1.82, 2.24) is 15.2 Å². The first kappa shape index (κ1) is 21.4. The van der Waals surface area contributed by atoms with Crippen molar-refractivity contribution in [3.63, 3.8) is 0 Å². The van der Waals surface area contributed by atoms with Crippen molar-refractivity contribution in [3.05, 3.63) is 36.0 Å². The Hall–Kier alpha value is -2.83. The van der Waals surface area contributed by atoms with Crippen LogP contribution in [0.5, 0.6) is 0 Å². The van der Waals surface area contributed by atoms with Crippen LogP contribution in [0, 0.1) is 11.3 Å². The average Bonchev–Trinajstić information content (AvgIpc) is 3.25. The number of benzene rings is 1. The van der Waals surface area contributed by atoms with E-state index in [-0.39, 0.29) is 31.9 Å². The molecule has 1 aromatic heterocycles. The second-order valence-electron chi connectivity index (χ2n) is 7.89. The molecule has 2 aromatic rings. The number of anilines is 1. The first-order chi connectivity index (χ1) is 15.0. The van der Waals surface area contributed by atoms with Crippen LogP contribution in [0.15, 0.2) is 30.5 Å². The molecule has 2 aliphatic heterocycles. The van der Waals surface area contributed by atoms with Gasteiger partial charge in [-0.3, -0.25) is 14.6 Å². The molecule has 31 heavy (non-hydrogen) atoms. The average molecular weight is 442 g/mol. The summed E-state index contributed by atoms with van der Waals surface area (Å²) < 4.78 is 5.63. The van der Waals surface area contributed by atoms with Crippen molar-refractivity contribution in [2.24, 2.45) is 0 Å². The molecule has 2 fully saturated rings. The molecule has 8 nitrogen and oxygen atoms in total. The number of fused-ring (bicyclic) bond motifs is 1. The van der Waals surface area contributed by atoms with Crippen LogP contribution in [-0.4, -0.2) is 71.2 Å². The molecule has 0 aliphatic carbocycles. The van der Waals surface area contributed by atoms with E-state index in [1.165, 1.54) is 16.7 Å². The molecule has 2 amide bonds. The SMILES string of the molecule is C[C@H]1COC[C@H](C)N1c1ccc2nccc(C(=O)NCC(=O)N3CSC[C@H]3C#N)c2c1.[HH]. The van der Waals surface area contributed by atoms with Crippen LogP contribution >= 0.6 is 11.8 Å². The monoisotopic (exact) mass is 441 g/mol. The first-order valence-electron chi connectivity index (χ1n) is 10.3. The number of hydrogen-bond donors (Lipinski definition) is 1. The highest BCUT2D eigenvalue weighted by atomic mass is 32.2. The van der Waals surface area contributed by atoms with Gasteiger partial charge in [0.05, 0.1) is 42.8 Å². The predicted octanol–water partition coefficient (Wildman–Crippen LogP) is 2.25. The quantitative estimate of drug-likeness (QED) is 0.777. The number of rotatable bonds is 4. The minimum atomic E-state index is -0.434. The molecule has 3 atom stereocenters. The van der Waals surface area contributed by atoms with Crippen LogP contribution in [-0.2, 0) is 9.53 Å². The summed E-state index contributed by atoms with van der Waals surface area (Å²) in [6.45, 7) is 5.41. The summed E-state index contributed by atoms with van der Waals surface area (Å²) in [5.74, 6) is 0.498. The number of thioether (sulfide) groups is 1. The van der Waals surface area contributed by atoms with E-state index in [2.05, 4.69) is 35.1 Å². The van der Waals surface area contributed by atoms with Crippen LogP contribution in [0.1, 0.15) is 25.6 Å². The minimum Gasteiger partial charge on any atom is -0.377 e. The molecule has 0 spiro atoms. The van der Waals surface area contributed by atoms with E-state index in [9.17, 15) is 9.59 Å². The summed E-state index contributed by atoms with van der Waals surface area (Å²) in [5, 5.41) is 12.6. The lowest BCUT2D eigenvalue weighted by Crippen LogP contribution is -2.49. The van der Waals surface area contributed by atoms with Crippen molar-refractivity contribution in [3.8, 4) is 6.07 Å². The van der Waals surface area contributed by atoms with Crippen molar-refractivity contribution in [2.75, 3.05) is 36.3 Å². The Kier molecular flexibility index (Phi) is 6.30. The lowest BCUT2D eigenvalue weighted by atomic mass is 10.0. The number of nitrogens with one attached hydrogen (secondary N) is 1. The third-order valence-corrected chi connectivity index (χ3v) is 6.70. The van der Waals surface area contributed by atoms with E-state index < -0.39 is 6.04 Å². The minimum absolute atomic E-state index is 0. The zero-order valence-corrected chi connectivity index (χ0v) is 18.4. The number of amides is 2. The summed E-state index contributed by atoms with van der Waals surface area (Å²) in [6, 6.07) is 9.73. The van der Waals surface area contributed by atoms with Gasteiger partial charge < -0.3 is 19.9 Å². The molecule has 9 heteroatoms. The molecule has 2 saturated heterocycles. The van der Waals surface area contributed by atoms with Gasteiger partial charge in [-0.1, -0.05) is 0 Å². The van der Waals surface area contributed by atoms with Gasteiger partial charge in [0.1, 0.15) is 6.04 Å². The first-order valence-corrected chi connectivity index (χ1v) is 11.4. The van der Waals surface area contributed by atoms with Crippen molar-refractivity contribution >= 4 is 40.2 Å². The third kappa shape index (κ3) is 4.31. The summed E-state index contributed by atoms with van der Waals surface area (Å²) >= 11 is 1.54. The lowest BCUT2D eigenvalue weighted by molar-refractivity contribution is -0.129. The maximum atomic E-state index is 12.9. The Labute approximate surface area is 187 Å².